The zero-order valence-electron chi connectivity index (χ0n) is 11.0. The van der Waals surface area contributed by atoms with Gasteiger partial charge < -0.3 is 0 Å². The van der Waals surface area contributed by atoms with Crippen LogP contribution < -0.4 is 0 Å². The van der Waals surface area contributed by atoms with Crippen molar-refractivity contribution in [1.29, 1.82) is 0 Å². The topological polar surface area (TPSA) is 35.5 Å². The minimum atomic E-state index is -0.425. The molecule has 1 rings (SSSR count). The molecule has 0 spiro atoms. The predicted octanol–water partition coefficient (Wildman–Crippen LogP) is 3.87. The van der Waals surface area contributed by atoms with Crippen LogP contribution in [0.3, 0.4) is 0 Å². The molecule has 3 nitrogen and oxygen atoms in total. The smallest absolute Gasteiger partial charge is 0.293 e. The monoisotopic (exact) mass is 249 g/mol. The van der Waals surface area contributed by atoms with Gasteiger partial charge in [0, 0.05) is 0 Å². The average molecular weight is 249 g/mol. The predicted molar refractivity (Wildman–Crippen MR) is 71.0 cm³/mol. The van der Waals surface area contributed by atoms with Gasteiger partial charge in [0.05, 0.1) is 12.2 Å². The van der Waals surface area contributed by atoms with E-state index in [0.717, 1.165) is 37.7 Å². The standard InChI is InChI=1S/C15H21O3/c1-3-4-5-6-9-12-17-18-15(16)14-11-8-7-10-13(14)2/h7-8,10-11H,1,3-6,9,12H2,2H3. The summed E-state index contributed by atoms with van der Waals surface area (Å²) in [5, 5.41) is 0. The van der Waals surface area contributed by atoms with E-state index in [2.05, 4.69) is 6.92 Å². The molecule has 99 valence electrons. The fraction of sp³-hybridized carbons (Fsp3) is 0.467. The summed E-state index contributed by atoms with van der Waals surface area (Å²) in [5.41, 5.74) is 1.44. The Morgan fingerprint density at radius 3 is 2.61 bits per heavy atom. The maximum Gasteiger partial charge on any atom is 0.373 e. The summed E-state index contributed by atoms with van der Waals surface area (Å²) in [7, 11) is 0. The largest absolute Gasteiger partial charge is 0.373 e. The lowest BCUT2D eigenvalue weighted by atomic mass is 10.1. The van der Waals surface area contributed by atoms with Crippen LogP contribution in [0.1, 0.15) is 48.0 Å². The summed E-state index contributed by atoms with van der Waals surface area (Å²) >= 11 is 0. The van der Waals surface area contributed by atoms with Gasteiger partial charge in [-0.3, -0.25) is 4.89 Å². The summed E-state index contributed by atoms with van der Waals surface area (Å²) in [5.74, 6) is -0.425. The molecule has 0 saturated carbocycles. The minimum Gasteiger partial charge on any atom is -0.293 e. The number of benzene rings is 1. The van der Waals surface area contributed by atoms with E-state index in [1.165, 1.54) is 0 Å². The van der Waals surface area contributed by atoms with Crippen molar-refractivity contribution < 1.29 is 14.6 Å². The Hall–Kier alpha value is -1.35. The van der Waals surface area contributed by atoms with E-state index in [-0.39, 0.29) is 0 Å². The molecule has 0 heterocycles. The summed E-state index contributed by atoms with van der Waals surface area (Å²) in [6.07, 6.45) is 5.25. The molecule has 0 aliphatic rings. The highest BCUT2D eigenvalue weighted by Gasteiger charge is 2.10. The number of rotatable bonds is 8. The summed E-state index contributed by atoms with van der Waals surface area (Å²) in [4.78, 5) is 21.3. The lowest BCUT2D eigenvalue weighted by molar-refractivity contribution is -0.241. The maximum absolute atomic E-state index is 11.6. The van der Waals surface area contributed by atoms with Gasteiger partial charge in [-0.2, -0.15) is 4.89 Å². The number of carbonyl (C=O) groups is 1. The van der Waals surface area contributed by atoms with Gasteiger partial charge in [-0.05, 0) is 25.0 Å². The molecule has 0 aliphatic heterocycles. The Balaban J connectivity index is 2.16. The third-order valence-electron chi connectivity index (χ3n) is 2.73. The molecule has 0 atom stereocenters. The number of hydrogen-bond acceptors (Lipinski definition) is 3. The van der Waals surface area contributed by atoms with Gasteiger partial charge in [0.2, 0.25) is 0 Å². The fourth-order valence-corrected chi connectivity index (χ4v) is 1.63. The van der Waals surface area contributed by atoms with E-state index in [4.69, 9.17) is 9.78 Å². The number of hydrogen-bond donors (Lipinski definition) is 0. The second-order valence-corrected chi connectivity index (χ2v) is 4.28. The van der Waals surface area contributed by atoms with E-state index >= 15 is 0 Å². The molecular weight excluding hydrogens is 228 g/mol. The molecule has 0 fully saturated rings. The second kappa shape index (κ2) is 8.70. The lowest BCUT2D eigenvalue weighted by Crippen LogP contribution is -2.08. The van der Waals surface area contributed by atoms with E-state index < -0.39 is 5.97 Å². The summed E-state index contributed by atoms with van der Waals surface area (Å²) in [6, 6.07) is 7.29. The van der Waals surface area contributed by atoms with Crippen LogP contribution in [0.5, 0.6) is 0 Å². The van der Waals surface area contributed by atoms with Crippen LogP contribution >= 0.6 is 0 Å². The Kier molecular flexibility index (Phi) is 7.11. The molecule has 0 saturated heterocycles. The number of unbranched alkanes of at least 4 members (excludes halogenated alkanes) is 4. The van der Waals surface area contributed by atoms with Crippen LogP contribution in [0.15, 0.2) is 24.3 Å². The Bertz CT molecular complexity index is 361. The highest BCUT2D eigenvalue weighted by atomic mass is 17.2. The zero-order chi connectivity index (χ0) is 13.2. The first-order chi connectivity index (χ1) is 8.75. The first kappa shape index (κ1) is 14.7. The molecule has 0 bridgehead atoms. The Morgan fingerprint density at radius 2 is 1.89 bits per heavy atom. The van der Waals surface area contributed by atoms with Crippen molar-refractivity contribution in [2.24, 2.45) is 0 Å². The van der Waals surface area contributed by atoms with Gasteiger partial charge in [-0.1, -0.05) is 50.8 Å². The Morgan fingerprint density at radius 1 is 1.17 bits per heavy atom. The third kappa shape index (κ3) is 5.32. The van der Waals surface area contributed by atoms with E-state index in [9.17, 15) is 4.79 Å². The van der Waals surface area contributed by atoms with Gasteiger partial charge in [-0.25, -0.2) is 4.79 Å². The summed E-state index contributed by atoms with van der Waals surface area (Å²) < 4.78 is 0. The molecule has 18 heavy (non-hydrogen) atoms. The van der Waals surface area contributed by atoms with E-state index in [0.29, 0.717) is 12.2 Å². The second-order valence-electron chi connectivity index (χ2n) is 4.28. The van der Waals surface area contributed by atoms with Crippen molar-refractivity contribution in [3.63, 3.8) is 0 Å². The molecule has 1 aromatic carbocycles. The normalized spacial score (nSPS) is 10.3. The van der Waals surface area contributed by atoms with Crippen LogP contribution in [0.4, 0.5) is 0 Å². The first-order valence-corrected chi connectivity index (χ1v) is 6.44. The lowest BCUT2D eigenvalue weighted by Gasteiger charge is -2.05. The molecule has 0 amide bonds. The van der Waals surface area contributed by atoms with Crippen molar-refractivity contribution in [2.75, 3.05) is 6.61 Å². The first-order valence-electron chi connectivity index (χ1n) is 6.44. The number of carbonyl (C=O) groups excluding carboxylic acids is 1. The molecule has 0 aromatic heterocycles. The van der Waals surface area contributed by atoms with Crippen molar-refractivity contribution in [1.82, 2.24) is 0 Å². The van der Waals surface area contributed by atoms with Gasteiger partial charge in [0.15, 0.2) is 0 Å². The van der Waals surface area contributed by atoms with Gasteiger partial charge in [0.25, 0.3) is 0 Å². The highest BCUT2D eigenvalue weighted by molar-refractivity contribution is 5.90. The van der Waals surface area contributed by atoms with Crippen LogP contribution in [-0.4, -0.2) is 12.6 Å². The third-order valence-corrected chi connectivity index (χ3v) is 2.73. The van der Waals surface area contributed by atoms with E-state index in [1.54, 1.807) is 6.07 Å². The van der Waals surface area contributed by atoms with Crippen LogP contribution in [0, 0.1) is 13.8 Å². The van der Waals surface area contributed by atoms with Crippen molar-refractivity contribution in [3.8, 4) is 0 Å². The van der Waals surface area contributed by atoms with Crippen LogP contribution in [0.2, 0.25) is 0 Å². The molecule has 1 radical (unpaired) electrons. The molecular formula is C15H21O3. The van der Waals surface area contributed by atoms with Crippen molar-refractivity contribution >= 4 is 5.97 Å². The van der Waals surface area contributed by atoms with Gasteiger partial charge >= 0.3 is 5.97 Å². The minimum absolute atomic E-state index is 0.425. The molecule has 3 heteroatoms. The maximum atomic E-state index is 11.6. The number of aryl methyl sites for hydroxylation is 1. The molecule has 1 aromatic rings. The molecule has 0 aliphatic carbocycles. The average Bonchev–Trinajstić information content (AvgIpc) is 2.38. The molecule has 0 unspecified atom stereocenters. The Labute approximate surface area is 109 Å². The highest BCUT2D eigenvalue weighted by Crippen LogP contribution is 2.09. The van der Waals surface area contributed by atoms with Crippen molar-refractivity contribution in [3.05, 3.63) is 42.3 Å². The van der Waals surface area contributed by atoms with Crippen LogP contribution in [0.25, 0.3) is 0 Å². The van der Waals surface area contributed by atoms with E-state index in [1.807, 2.05) is 25.1 Å². The van der Waals surface area contributed by atoms with Gasteiger partial charge in [-0.15, -0.1) is 0 Å². The zero-order valence-corrected chi connectivity index (χ0v) is 11.0. The quantitative estimate of drug-likeness (QED) is 0.398. The van der Waals surface area contributed by atoms with Crippen LogP contribution in [-0.2, 0) is 9.78 Å². The molecule has 0 N–H and O–H groups in total. The van der Waals surface area contributed by atoms with Crippen molar-refractivity contribution in [2.45, 2.75) is 39.0 Å². The fourth-order valence-electron chi connectivity index (χ4n) is 1.63. The van der Waals surface area contributed by atoms with Gasteiger partial charge in [0.1, 0.15) is 0 Å². The SMILES string of the molecule is [CH2]CCCCCCOOC(=O)c1ccccc1C. The summed E-state index contributed by atoms with van der Waals surface area (Å²) in [6.45, 7) is 6.11.